The topological polar surface area (TPSA) is 345 Å². The van der Waals surface area contributed by atoms with Crippen LogP contribution in [0, 0.1) is 52.3 Å². The van der Waals surface area contributed by atoms with Gasteiger partial charge >= 0.3 is 0 Å². The number of fused-ring (bicyclic) bond motifs is 7. The molecule has 4 aliphatic heterocycles. The third-order valence-electron chi connectivity index (χ3n) is 18.1. The molecule has 8 aliphatic rings. The maximum Gasteiger partial charge on any atom is 0.189 e. The Bertz CT molecular complexity index is 1710. The zero-order valence-corrected chi connectivity index (χ0v) is 38.2. The molecule has 8 rings (SSSR count). The molecule has 0 spiro atoms. The van der Waals surface area contributed by atoms with Crippen LogP contribution in [0.25, 0.3) is 0 Å². The summed E-state index contributed by atoms with van der Waals surface area (Å²) in [6.45, 7) is 9.00. The van der Waals surface area contributed by atoms with E-state index in [1.54, 1.807) is 0 Å². The number of aliphatic hydroxyl groups is 13. The standard InChI is InChI=1S/C45H74O21/c1-17(16-60-39-35(55)31(51)29(49)26(14-46)62-39)6-9-45(59)19(3)28-24(66-45)11-22-20-10-18(2)44(58)13-25(23(48)12-43(44,5)21(20)7-8-42(22,28)4)61-41-37(33(53)30(50)27(15-47)63-41)64-40-36(56)32(52)34(54)38(57)65-40/h17-22,24-41,46-47,49-59H,6-16H2,1-5H3/t17-,18-,19+,20-,21+,22+,24+,25-,26-,27-,28+,29-,30-,31+,32-,33+,34-,35-,36-,37-,38-,39-,40-,41-,42+,43-,44+,45-/m1/s1. The van der Waals surface area contributed by atoms with Gasteiger partial charge in [-0.15, -0.1) is 0 Å². The van der Waals surface area contributed by atoms with Gasteiger partial charge in [-0.3, -0.25) is 4.79 Å². The first-order valence-corrected chi connectivity index (χ1v) is 23.8. The molecule has 21 nitrogen and oxygen atoms in total. The first-order chi connectivity index (χ1) is 30.9. The third kappa shape index (κ3) is 8.34. The minimum absolute atomic E-state index is 0.0443. The highest BCUT2D eigenvalue weighted by Crippen LogP contribution is 2.72. The lowest BCUT2D eigenvalue weighted by atomic mass is 9.41. The number of Topliss-reactive ketones (excluding diaryl/α,β-unsaturated/α-hetero) is 1. The predicted molar refractivity (Wildman–Crippen MR) is 221 cm³/mol. The molecule has 0 amide bonds. The molecule has 66 heavy (non-hydrogen) atoms. The fourth-order valence-corrected chi connectivity index (χ4v) is 14.2. The van der Waals surface area contributed by atoms with Gasteiger partial charge in [-0.05, 0) is 73.0 Å². The van der Waals surface area contributed by atoms with Gasteiger partial charge in [0.2, 0.25) is 0 Å². The molecule has 4 heterocycles. The van der Waals surface area contributed by atoms with Gasteiger partial charge in [0, 0.05) is 30.6 Å². The van der Waals surface area contributed by atoms with Crippen molar-refractivity contribution in [2.24, 2.45) is 52.3 Å². The van der Waals surface area contributed by atoms with E-state index in [1.165, 1.54) is 0 Å². The lowest BCUT2D eigenvalue weighted by Crippen LogP contribution is -2.69. The molecule has 4 saturated heterocycles. The molecule has 0 bridgehead atoms. The zero-order valence-electron chi connectivity index (χ0n) is 38.2. The molecule has 0 aromatic carbocycles. The lowest BCUT2D eigenvalue weighted by Gasteiger charge is -2.66. The Kier molecular flexibility index (Phi) is 14.6. The summed E-state index contributed by atoms with van der Waals surface area (Å²) in [7, 11) is 0. The largest absolute Gasteiger partial charge is 0.394 e. The van der Waals surface area contributed by atoms with Gasteiger partial charge in [0.25, 0.3) is 0 Å². The highest BCUT2D eigenvalue weighted by atomic mass is 16.8. The normalized spacial score (nSPS) is 56.6. The molecule has 4 aliphatic carbocycles. The highest BCUT2D eigenvalue weighted by molar-refractivity contribution is 5.85. The van der Waals surface area contributed by atoms with Crippen LogP contribution in [0.5, 0.6) is 0 Å². The Labute approximate surface area is 383 Å². The van der Waals surface area contributed by atoms with Crippen molar-refractivity contribution in [2.75, 3.05) is 19.8 Å². The van der Waals surface area contributed by atoms with Gasteiger partial charge in [0.1, 0.15) is 73.2 Å². The van der Waals surface area contributed by atoms with E-state index < -0.39 is 128 Å². The number of ketones is 1. The number of ether oxygens (including phenoxy) is 7. The first kappa shape index (κ1) is 51.2. The van der Waals surface area contributed by atoms with Gasteiger partial charge in [0.15, 0.2) is 36.7 Å². The summed E-state index contributed by atoms with van der Waals surface area (Å²) >= 11 is 0. The van der Waals surface area contributed by atoms with Crippen molar-refractivity contribution < 1.29 is 104 Å². The van der Waals surface area contributed by atoms with E-state index in [0.29, 0.717) is 25.7 Å². The summed E-state index contributed by atoms with van der Waals surface area (Å²) in [5.41, 5.74) is -2.48. The number of hydrogen-bond donors (Lipinski definition) is 13. The Morgan fingerprint density at radius 1 is 0.742 bits per heavy atom. The molecule has 13 N–H and O–H groups in total. The van der Waals surface area contributed by atoms with E-state index >= 15 is 0 Å². The van der Waals surface area contributed by atoms with Gasteiger partial charge in [-0.25, -0.2) is 0 Å². The van der Waals surface area contributed by atoms with Crippen molar-refractivity contribution in [2.45, 2.75) is 202 Å². The van der Waals surface area contributed by atoms with Crippen LogP contribution in [0.4, 0.5) is 0 Å². The molecular formula is C45H74O21. The minimum Gasteiger partial charge on any atom is -0.394 e. The van der Waals surface area contributed by atoms with Crippen LogP contribution in [0.2, 0.25) is 0 Å². The van der Waals surface area contributed by atoms with E-state index in [0.717, 1.165) is 12.8 Å². The summed E-state index contributed by atoms with van der Waals surface area (Å²) in [4.78, 5) is 14.3. The summed E-state index contributed by atoms with van der Waals surface area (Å²) < 4.78 is 40.8. The molecule has 8 fully saturated rings. The molecule has 4 saturated carbocycles. The molecule has 28 atom stereocenters. The monoisotopic (exact) mass is 950 g/mol. The highest BCUT2D eigenvalue weighted by Gasteiger charge is 2.72. The molecular weight excluding hydrogens is 876 g/mol. The second-order valence-corrected chi connectivity index (χ2v) is 21.8. The summed E-state index contributed by atoms with van der Waals surface area (Å²) in [6.07, 6.45) is -22.8. The van der Waals surface area contributed by atoms with Crippen molar-refractivity contribution in [3.05, 3.63) is 0 Å². The third-order valence-corrected chi connectivity index (χ3v) is 18.1. The summed E-state index contributed by atoms with van der Waals surface area (Å²) in [5, 5.41) is 138. The number of aliphatic hydroxyl groups excluding tert-OH is 11. The minimum atomic E-state index is -1.99. The van der Waals surface area contributed by atoms with Gasteiger partial charge in [-0.1, -0.05) is 34.6 Å². The quantitative estimate of drug-likeness (QED) is 0.0853. The van der Waals surface area contributed by atoms with Crippen LogP contribution in [0.3, 0.4) is 0 Å². The SMILES string of the molecule is C[C@H](CC[C@@]1(O)O[C@H]2C[C@H]3[C@@H]4C[C@@H](C)[C@@]5(O)C[C@@H](O[C@@H]6O[C@H](CO)[C@@H](O)[C@H](O)[C@H]6O[C@@H]6O[C@@H](O)[C@H](O)[C@@H](O)[C@H]6O)C(=O)C[C@]5(C)[C@H]4CC[C@]3(C)[C@H]2[C@@H]1C)CO[C@@H]1O[C@H](CO)[C@@H](O)[C@H](O)[C@H]1O. The molecule has 380 valence electrons. The Morgan fingerprint density at radius 2 is 1.36 bits per heavy atom. The predicted octanol–water partition coefficient (Wildman–Crippen LogP) is -3.28. The maximum absolute atomic E-state index is 14.3. The van der Waals surface area contributed by atoms with Crippen molar-refractivity contribution in [3.63, 3.8) is 0 Å². The maximum atomic E-state index is 14.3. The van der Waals surface area contributed by atoms with Crippen LogP contribution < -0.4 is 0 Å². The van der Waals surface area contributed by atoms with E-state index in [4.69, 9.17) is 33.2 Å². The van der Waals surface area contributed by atoms with Crippen LogP contribution in [0.1, 0.15) is 86.0 Å². The van der Waals surface area contributed by atoms with Crippen molar-refractivity contribution in [1.82, 2.24) is 0 Å². The number of rotatable bonds is 12. The van der Waals surface area contributed by atoms with E-state index in [9.17, 15) is 71.2 Å². The fourth-order valence-electron chi connectivity index (χ4n) is 14.2. The second kappa shape index (κ2) is 18.8. The van der Waals surface area contributed by atoms with Gasteiger partial charge in [-0.2, -0.15) is 0 Å². The summed E-state index contributed by atoms with van der Waals surface area (Å²) in [5.74, 6) is -2.07. The number of carbonyl (C=O) groups is 1. The van der Waals surface area contributed by atoms with Crippen LogP contribution in [-0.4, -0.2) is 208 Å². The molecule has 0 aromatic heterocycles. The van der Waals surface area contributed by atoms with E-state index in [2.05, 4.69) is 6.92 Å². The smallest absolute Gasteiger partial charge is 0.189 e. The van der Waals surface area contributed by atoms with E-state index in [-0.39, 0.29) is 78.2 Å². The van der Waals surface area contributed by atoms with E-state index in [1.807, 2.05) is 27.7 Å². The molecule has 0 unspecified atom stereocenters. The average Bonchev–Trinajstić information content (AvgIpc) is 3.71. The van der Waals surface area contributed by atoms with Crippen molar-refractivity contribution in [1.29, 1.82) is 0 Å². The lowest BCUT2D eigenvalue weighted by molar-refractivity contribution is -0.388. The number of hydrogen-bond acceptors (Lipinski definition) is 21. The zero-order chi connectivity index (χ0) is 48.2. The van der Waals surface area contributed by atoms with Gasteiger partial charge < -0.3 is 99.5 Å². The number of carbonyl (C=O) groups excluding carboxylic acids is 1. The van der Waals surface area contributed by atoms with Crippen LogP contribution in [-0.2, 0) is 38.0 Å². The van der Waals surface area contributed by atoms with Crippen LogP contribution >= 0.6 is 0 Å². The van der Waals surface area contributed by atoms with Gasteiger partial charge in [0.05, 0.1) is 31.5 Å². The van der Waals surface area contributed by atoms with Crippen molar-refractivity contribution >= 4 is 5.78 Å². The average molecular weight is 951 g/mol. The second-order valence-electron chi connectivity index (χ2n) is 21.8. The Balaban J connectivity index is 0.919. The molecule has 0 aromatic rings. The van der Waals surface area contributed by atoms with Crippen LogP contribution in [0.15, 0.2) is 0 Å². The summed E-state index contributed by atoms with van der Waals surface area (Å²) in [6, 6.07) is 0. The Morgan fingerprint density at radius 3 is 2.03 bits per heavy atom. The van der Waals surface area contributed by atoms with Crippen molar-refractivity contribution in [3.8, 4) is 0 Å². The molecule has 21 heteroatoms. The molecule has 0 radical (unpaired) electrons. The first-order valence-electron chi connectivity index (χ1n) is 23.8. The Hall–Kier alpha value is -1.13. The fraction of sp³-hybridized carbons (Fsp3) is 0.978.